The van der Waals surface area contributed by atoms with Crippen LogP contribution in [0.5, 0.6) is 0 Å². The third-order valence-electron chi connectivity index (χ3n) is 3.69. The van der Waals surface area contributed by atoms with Gasteiger partial charge in [-0.2, -0.15) is 4.31 Å². The molecule has 1 aliphatic rings. The fraction of sp³-hybridized carbons (Fsp3) is 0.692. The van der Waals surface area contributed by atoms with E-state index in [1.54, 1.807) is 10.4 Å². The van der Waals surface area contributed by atoms with Crippen LogP contribution in [-0.4, -0.2) is 31.4 Å². The van der Waals surface area contributed by atoms with Crippen molar-refractivity contribution in [3.05, 3.63) is 15.8 Å². The highest BCUT2D eigenvalue weighted by atomic mass is 35.5. The van der Waals surface area contributed by atoms with Crippen LogP contribution < -0.4 is 5.73 Å². The zero-order valence-corrected chi connectivity index (χ0v) is 14.6. The van der Waals surface area contributed by atoms with Gasteiger partial charge in [-0.3, -0.25) is 0 Å². The number of sulfonamides is 1. The van der Waals surface area contributed by atoms with Gasteiger partial charge in [-0.05, 0) is 39.7 Å². The SMILES string of the molecule is Cc1cc(S(=O)(=O)N2CCCCC2C(C)N)c(C)s1.Cl. The number of piperidine rings is 1. The molecule has 0 radical (unpaired) electrons. The quantitative estimate of drug-likeness (QED) is 0.921. The van der Waals surface area contributed by atoms with Crippen LogP contribution in [0.25, 0.3) is 0 Å². The minimum Gasteiger partial charge on any atom is -0.326 e. The largest absolute Gasteiger partial charge is 0.326 e. The molecule has 2 rings (SSSR count). The van der Waals surface area contributed by atoms with E-state index in [9.17, 15) is 8.42 Å². The molecule has 1 aromatic rings. The van der Waals surface area contributed by atoms with Crippen LogP contribution in [0.1, 0.15) is 35.9 Å². The second kappa shape index (κ2) is 6.75. The average molecular weight is 339 g/mol. The van der Waals surface area contributed by atoms with Gasteiger partial charge in [-0.1, -0.05) is 6.42 Å². The smallest absolute Gasteiger partial charge is 0.244 e. The van der Waals surface area contributed by atoms with Gasteiger partial charge in [0.15, 0.2) is 0 Å². The Morgan fingerprint density at radius 3 is 2.55 bits per heavy atom. The molecule has 0 aliphatic carbocycles. The number of hydrogen-bond acceptors (Lipinski definition) is 4. The lowest BCUT2D eigenvalue weighted by molar-refractivity contribution is 0.227. The minimum atomic E-state index is -3.40. The molecule has 0 aromatic carbocycles. The van der Waals surface area contributed by atoms with Crippen LogP contribution in [0.4, 0.5) is 0 Å². The molecular weight excluding hydrogens is 316 g/mol. The van der Waals surface area contributed by atoms with Crippen molar-refractivity contribution < 1.29 is 8.42 Å². The first-order chi connectivity index (χ1) is 8.84. The van der Waals surface area contributed by atoms with Gasteiger partial charge in [0.25, 0.3) is 0 Å². The summed E-state index contributed by atoms with van der Waals surface area (Å²) in [5.41, 5.74) is 5.97. The highest BCUT2D eigenvalue weighted by Gasteiger charge is 2.36. The molecule has 0 saturated carbocycles. The van der Waals surface area contributed by atoms with E-state index in [1.165, 1.54) is 11.3 Å². The predicted molar refractivity (Wildman–Crippen MR) is 86.2 cm³/mol. The highest BCUT2D eigenvalue weighted by molar-refractivity contribution is 7.89. The first kappa shape index (κ1) is 17.9. The zero-order valence-electron chi connectivity index (χ0n) is 12.1. The van der Waals surface area contributed by atoms with Crippen LogP contribution in [0.15, 0.2) is 11.0 Å². The van der Waals surface area contributed by atoms with Crippen molar-refractivity contribution in [2.45, 2.75) is 57.0 Å². The number of halogens is 1. The molecule has 20 heavy (non-hydrogen) atoms. The van der Waals surface area contributed by atoms with Gasteiger partial charge in [0.2, 0.25) is 10.0 Å². The highest BCUT2D eigenvalue weighted by Crippen LogP contribution is 2.31. The standard InChI is InChI=1S/C13H22N2O2S2.ClH/c1-9-8-13(11(3)18-9)19(16,17)15-7-5-4-6-12(15)10(2)14;/h8,10,12H,4-7,14H2,1-3H3;1H. The Morgan fingerprint density at radius 1 is 1.40 bits per heavy atom. The summed E-state index contributed by atoms with van der Waals surface area (Å²) in [7, 11) is -3.40. The monoisotopic (exact) mass is 338 g/mol. The molecule has 2 heterocycles. The van der Waals surface area contributed by atoms with E-state index < -0.39 is 10.0 Å². The fourth-order valence-electron chi connectivity index (χ4n) is 2.74. The first-order valence-corrected chi connectivity index (χ1v) is 8.94. The molecule has 0 spiro atoms. The Hall–Kier alpha value is -0.140. The van der Waals surface area contributed by atoms with Crippen molar-refractivity contribution >= 4 is 33.8 Å². The molecule has 7 heteroatoms. The van der Waals surface area contributed by atoms with E-state index in [1.807, 2.05) is 20.8 Å². The summed E-state index contributed by atoms with van der Waals surface area (Å²) in [6.07, 6.45) is 2.84. The normalized spacial score (nSPS) is 22.3. The molecule has 2 atom stereocenters. The topological polar surface area (TPSA) is 63.4 Å². The van der Waals surface area contributed by atoms with Crippen LogP contribution in [0.3, 0.4) is 0 Å². The van der Waals surface area contributed by atoms with Gasteiger partial charge < -0.3 is 5.73 Å². The third-order valence-corrected chi connectivity index (χ3v) is 6.83. The zero-order chi connectivity index (χ0) is 14.2. The number of thiophene rings is 1. The summed E-state index contributed by atoms with van der Waals surface area (Å²) in [6.45, 7) is 6.29. The predicted octanol–water partition coefficient (Wildman–Crippen LogP) is 2.68. The molecule has 2 unspecified atom stereocenters. The lowest BCUT2D eigenvalue weighted by Gasteiger charge is -2.36. The average Bonchev–Trinajstić information content (AvgIpc) is 2.69. The van der Waals surface area contributed by atoms with E-state index in [0.29, 0.717) is 11.4 Å². The van der Waals surface area contributed by atoms with Gasteiger partial charge >= 0.3 is 0 Å². The Balaban J connectivity index is 0.00000200. The Labute approximate surface area is 131 Å². The molecule has 4 nitrogen and oxygen atoms in total. The van der Waals surface area contributed by atoms with E-state index in [2.05, 4.69) is 0 Å². The molecule has 0 amide bonds. The van der Waals surface area contributed by atoms with Crippen LogP contribution in [0, 0.1) is 13.8 Å². The number of aryl methyl sites for hydroxylation is 2. The summed E-state index contributed by atoms with van der Waals surface area (Å²) in [6, 6.07) is 1.58. The van der Waals surface area contributed by atoms with Crippen molar-refractivity contribution in [2.24, 2.45) is 5.73 Å². The van der Waals surface area contributed by atoms with Gasteiger partial charge in [0.1, 0.15) is 0 Å². The van der Waals surface area contributed by atoms with Crippen molar-refractivity contribution in [1.29, 1.82) is 0 Å². The summed E-state index contributed by atoms with van der Waals surface area (Å²) >= 11 is 1.53. The van der Waals surface area contributed by atoms with Crippen molar-refractivity contribution in [3.8, 4) is 0 Å². The Bertz CT molecular complexity index is 555. The van der Waals surface area contributed by atoms with E-state index in [-0.39, 0.29) is 24.5 Å². The molecule has 1 aliphatic heterocycles. The molecular formula is C13H23ClN2O2S2. The number of nitrogens with two attached hydrogens (primary N) is 1. The van der Waals surface area contributed by atoms with Crippen LogP contribution in [-0.2, 0) is 10.0 Å². The van der Waals surface area contributed by atoms with E-state index in [0.717, 1.165) is 29.0 Å². The van der Waals surface area contributed by atoms with Gasteiger partial charge in [-0.25, -0.2) is 8.42 Å². The second-order valence-electron chi connectivity index (χ2n) is 5.32. The fourth-order valence-corrected chi connectivity index (χ4v) is 6.04. The summed E-state index contributed by atoms with van der Waals surface area (Å²) < 4.78 is 27.2. The van der Waals surface area contributed by atoms with Gasteiger partial charge in [-0.15, -0.1) is 23.7 Å². The summed E-state index contributed by atoms with van der Waals surface area (Å²) in [5.74, 6) is 0. The lowest BCUT2D eigenvalue weighted by atomic mass is 10.00. The maximum Gasteiger partial charge on any atom is 0.244 e. The first-order valence-electron chi connectivity index (χ1n) is 6.68. The third kappa shape index (κ3) is 3.36. The molecule has 1 aromatic heterocycles. The maximum atomic E-state index is 12.8. The van der Waals surface area contributed by atoms with Crippen LogP contribution >= 0.6 is 23.7 Å². The molecule has 116 valence electrons. The summed E-state index contributed by atoms with van der Waals surface area (Å²) in [4.78, 5) is 2.36. The van der Waals surface area contributed by atoms with Crippen LogP contribution in [0.2, 0.25) is 0 Å². The maximum absolute atomic E-state index is 12.8. The number of nitrogens with zero attached hydrogens (tertiary/aromatic N) is 1. The minimum absolute atomic E-state index is 0. The van der Waals surface area contributed by atoms with E-state index in [4.69, 9.17) is 5.73 Å². The van der Waals surface area contributed by atoms with Crippen molar-refractivity contribution in [2.75, 3.05) is 6.54 Å². The molecule has 2 N–H and O–H groups in total. The lowest BCUT2D eigenvalue weighted by Crippen LogP contribution is -2.51. The van der Waals surface area contributed by atoms with Gasteiger partial charge in [0, 0.05) is 28.4 Å². The summed E-state index contributed by atoms with van der Waals surface area (Å²) in [5, 5.41) is 0. The molecule has 1 saturated heterocycles. The Morgan fingerprint density at radius 2 is 2.05 bits per heavy atom. The van der Waals surface area contributed by atoms with Crippen molar-refractivity contribution in [1.82, 2.24) is 4.31 Å². The Kier molecular flexibility index (Phi) is 6.04. The van der Waals surface area contributed by atoms with E-state index >= 15 is 0 Å². The van der Waals surface area contributed by atoms with Crippen molar-refractivity contribution in [3.63, 3.8) is 0 Å². The molecule has 0 bridgehead atoms. The molecule has 1 fully saturated rings. The second-order valence-corrected chi connectivity index (χ2v) is 8.63. The van der Waals surface area contributed by atoms with Gasteiger partial charge in [0.05, 0.1) is 4.90 Å². The number of hydrogen-bond donors (Lipinski definition) is 1. The number of rotatable bonds is 3.